The molecule has 48 valence electrons. The molecule has 0 saturated carbocycles. The standard InChI is InChI=1S/2CH2O3.Na.Zn/c2*2-1(3)4;;/h2*(H2,2,3,4);;/q;;+1;+2/p-3. The van der Waals surface area contributed by atoms with Gasteiger partial charge in [-0.1, -0.05) is 0 Å². The molecule has 6 nitrogen and oxygen atoms in total. The molecular formula is C2HNaO6Zn. The summed E-state index contributed by atoms with van der Waals surface area (Å²) in [5.41, 5.74) is 0. The van der Waals surface area contributed by atoms with Crippen molar-refractivity contribution in [1.29, 1.82) is 0 Å². The van der Waals surface area contributed by atoms with Gasteiger partial charge in [0.2, 0.25) is 6.16 Å². The van der Waals surface area contributed by atoms with E-state index in [-0.39, 0.29) is 49.0 Å². The van der Waals surface area contributed by atoms with E-state index in [1.54, 1.807) is 0 Å². The molecule has 0 amide bonds. The van der Waals surface area contributed by atoms with Crippen LogP contribution in [-0.2, 0) is 19.5 Å². The Morgan fingerprint density at radius 2 is 1.10 bits per heavy atom. The van der Waals surface area contributed by atoms with Crippen molar-refractivity contribution in [3.63, 3.8) is 0 Å². The third-order valence-electron chi connectivity index (χ3n) is 0. The normalized spacial score (nSPS) is 4.80. The van der Waals surface area contributed by atoms with E-state index in [9.17, 15) is 0 Å². The predicted molar refractivity (Wildman–Crippen MR) is 13.4 cm³/mol. The van der Waals surface area contributed by atoms with Crippen LogP contribution in [0, 0.1) is 0 Å². The second kappa shape index (κ2) is 16.1. The van der Waals surface area contributed by atoms with Gasteiger partial charge in [0, 0.05) is 0 Å². The van der Waals surface area contributed by atoms with Crippen LogP contribution in [0.5, 0.6) is 0 Å². The van der Waals surface area contributed by atoms with Crippen molar-refractivity contribution in [3.8, 4) is 0 Å². The minimum Gasteiger partial charge on any atom is -0.652 e. The molecule has 0 radical (unpaired) electrons. The molecule has 0 aliphatic heterocycles. The number of carbonyl (C=O) groups is 2. The molecule has 8 heteroatoms. The zero-order valence-corrected chi connectivity index (χ0v) is 10.2. The molecule has 0 rings (SSSR count). The molecule has 0 heterocycles. The fourth-order valence-electron chi connectivity index (χ4n) is 0. The van der Waals surface area contributed by atoms with Gasteiger partial charge >= 0.3 is 49.0 Å². The zero-order chi connectivity index (χ0) is 7.15. The second-order valence-electron chi connectivity index (χ2n) is 0.516. The SMILES string of the molecule is O=C([O-])O.O=C([O-])[O-].[Na+].[Zn+2]. The number of hydrogen-bond acceptors (Lipinski definition) is 5. The average molecular weight is 209 g/mol. The van der Waals surface area contributed by atoms with E-state index in [0.29, 0.717) is 0 Å². The smallest absolute Gasteiger partial charge is 0.652 e. The fourth-order valence-corrected chi connectivity index (χ4v) is 0. The molecule has 0 fully saturated rings. The maximum Gasteiger partial charge on any atom is 2.00 e. The predicted octanol–water partition coefficient (Wildman–Crippen LogP) is -6.56. The minimum atomic E-state index is -2.33. The van der Waals surface area contributed by atoms with Gasteiger partial charge in [-0.3, -0.25) is 0 Å². The number of rotatable bonds is 0. The summed E-state index contributed by atoms with van der Waals surface area (Å²) in [6.07, 6.45) is -4.42. The summed E-state index contributed by atoms with van der Waals surface area (Å²) >= 11 is 0. The van der Waals surface area contributed by atoms with E-state index in [1.807, 2.05) is 0 Å². The first-order chi connectivity index (χ1) is 3.46. The zero-order valence-electron chi connectivity index (χ0n) is 5.20. The van der Waals surface area contributed by atoms with E-state index in [0.717, 1.165) is 0 Å². The first kappa shape index (κ1) is 22.5. The molecule has 0 saturated heterocycles. The van der Waals surface area contributed by atoms with E-state index < -0.39 is 12.3 Å². The Hall–Kier alpha value is 0.163. The Morgan fingerprint density at radius 3 is 1.10 bits per heavy atom. The van der Waals surface area contributed by atoms with Crippen molar-refractivity contribution in [3.05, 3.63) is 0 Å². The fraction of sp³-hybridized carbons (Fsp3) is 0. The Kier molecular flexibility index (Phi) is 36.1. The van der Waals surface area contributed by atoms with E-state index in [1.165, 1.54) is 0 Å². The van der Waals surface area contributed by atoms with Gasteiger partial charge in [-0.25, -0.2) is 0 Å². The molecule has 1 N–H and O–H groups in total. The Bertz CT molecular complexity index is 73.7. The molecule has 0 unspecified atom stereocenters. The number of carbonyl (C=O) groups excluding carboxylic acids is 1. The van der Waals surface area contributed by atoms with Gasteiger partial charge in [0.1, 0.15) is 0 Å². The van der Waals surface area contributed by atoms with Crippen LogP contribution in [-0.4, -0.2) is 17.4 Å². The van der Waals surface area contributed by atoms with Crippen LogP contribution < -0.4 is 44.9 Å². The van der Waals surface area contributed by atoms with Gasteiger partial charge in [0.05, 0.1) is 0 Å². The van der Waals surface area contributed by atoms with Crippen LogP contribution >= 0.6 is 0 Å². The van der Waals surface area contributed by atoms with Gasteiger partial charge in [-0.05, 0) is 6.16 Å². The maximum atomic E-state index is 8.44. The molecule has 0 aromatic heterocycles. The van der Waals surface area contributed by atoms with Crippen molar-refractivity contribution in [1.82, 2.24) is 0 Å². The van der Waals surface area contributed by atoms with Crippen molar-refractivity contribution < 1.29 is 79.1 Å². The third-order valence-corrected chi connectivity index (χ3v) is 0. The van der Waals surface area contributed by atoms with E-state index in [2.05, 4.69) is 0 Å². The average Bonchev–Trinajstić information content (AvgIpc) is 1.25. The third kappa shape index (κ3) is 15700. The summed E-state index contributed by atoms with van der Waals surface area (Å²) in [4.78, 5) is 16.8. The molecule has 0 aliphatic carbocycles. The Morgan fingerprint density at radius 1 is 1.10 bits per heavy atom. The molecule has 0 spiro atoms. The Labute approximate surface area is 90.9 Å². The number of carboxylic acid groups (broad SMARTS) is 4. The van der Waals surface area contributed by atoms with Crippen molar-refractivity contribution in [2.75, 3.05) is 0 Å². The van der Waals surface area contributed by atoms with Crippen molar-refractivity contribution >= 4 is 12.3 Å². The molecule has 0 aromatic rings. The molecular weight excluding hydrogens is 208 g/mol. The van der Waals surface area contributed by atoms with Gasteiger partial charge in [-0.15, -0.1) is 0 Å². The Balaban J connectivity index is -0.0000000300. The molecule has 0 atom stereocenters. The first-order valence-corrected chi connectivity index (χ1v) is 1.24. The first-order valence-electron chi connectivity index (χ1n) is 1.24. The molecule has 0 aliphatic rings. The van der Waals surface area contributed by atoms with Crippen LogP contribution in [0.25, 0.3) is 0 Å². The molecule has 10 heavy (non-hydrogen) atoms. The summed E-state index contributed by atoms with van der Waals surface area (Å²) in [5.74, 6) is 0. The van der Waals surface area contributed by atoms with Crippen molar-refractivity contribution in [2.45, 2.75) is 0 Å². The van der Waals surface area contributed by atoms with Crippen LogP contribution in [0.3, 0.4) is 0 Å². The quantitative estimate of drug-likeness (QED) is 0.396. The van der Waals surface area contributed by atoms with Crippen molar-refractivity contribution in [2.24, 2.45) is 0 Å². The topological polar surface area (TPSA) is 124 Å². The van der Waals surface area contributed by atoms with Gasteiger partial charge in [-0.2, -0.15) is 0 Å². The summed E-state index contributed by atoms with van der Waals surface area (Å²) in [6.45, 7) is 0. The second-order valence-corrected chi connectivity index (χ2v) is 0.516. The van der Waals surface area contributed by atoms with E-state index >= 15 is 0 Å². The maximum absolute atomic E-state index is 8.44. The summed E-state index contributed by atoms with van der Waals surface area (Å²) in [5, 5.41) is 32.0. The van der Waals surface area contributed by atoms with Crippen LogP contribution in [0.15, 0.2) is 0 Å². The minimum absolute atomic E-state index is 0. The van der Waals surface area contributed by atoms with Crippen LogP contribution in [0.1, 0.15) is 0 Å². The van der Waals surface area contributed by atoms with Gasteiger partial charge < -0.3 is 30.0 Å². The van der Waals surface area contributed by atoms with E-state index in [4.69, 9.17) is 30.0 Å². The van der Waals surface area contributed by atoms with Crippen LogP contribution in [0.4, 0.5) is 9.59 Å². The summed E-state index contributed by atoms with van der Waals surface area (Å²) < 4.78 is 0. The van der Waals surface area contributed by atoms with Gasteiger partial charge in [0.15, 0.2) is 0 Å². The summed E-state index contributed by atoms with van der Waals surface area (Å²) in [7, 11) is 0. The van der Waals surface area contributed by atoms with Gasteiger partial charge in [0.25, 0.3) is 0 Å². The monoisotopic (exact) mass is 208 g/mol. The molecule has 0 bridgehead atoms. The summed E-state index contributed by atoms with van der Waals surface area (Å²) in [6, 6.07) is 0. The molecule has 0 aromatic carbocycles. The number of hydrogen-bond donors (Lipinski definition) is 1. The largest absolute Gasteiger partial charge is 2.00 e. The van der Waals surface area contributed by atoms with Crippen LogP contribution in [0.2, 0.25) is 0 Å².